The highest BCUT2D eigenvalue weighted by Gasteiger charge is 2.35. The molecule has 1 unspecified atom stereocenters. The molecule has 3 aromatic carbocycles. The lowest BCUT2D eigenvalue weighted by molar-refractivity contribution is -0.137. The zero-order valence-corrected chi connectivity index (χ0v) is 22.1. The molecule has 0 saturated carbocycles. The first-order valence-electron chi connectivity index (χ1n) is 12.0. The van der Waals surface area contributed by atoms with Crippen molar-refractivity contribution in [3.63, 3.8) is 0 Å². The summed E-state index contributed by atoms with van der Waals surface area (Å²) in [6.07, 6.45) is 2.62. The van der Waals surface area contributed by atoms with Gasteiger partial charge in [0.1, 0.15) is 5.92 Å². The number of halogens is 1. The van der Waals surface area contributed by atoms with Gasteiger partial charge in [0.05, 0.1) is 11.4 Å². The SMILES string of the molecule is CN(C)CCCc1ccc(N=C(c2ccc(CCC(=O)O)cc2)C2C(=O)Nc3cc(Br)ccc32)cc1. The monoisotopic (exact) mass is 547 g/mol. The number of fused-ring (bicyclic) bond motifs is 1. The maximum Gasteiger partial charge on any atom is 0.303 e. The quantitative estimate of drug-likeness (QED) is 0.313. The number of benzene rings is 3. The number of nitrogens with one attached hydrogen (secondary N) is 1. The zero-order valence-electron chi connectivity index (χ0n) is 20.5. The Balaban J connectivity index is 1.67. The number of rotatable bonds is 10. The number of aliphatic carboxylic acids is 1. The molecule has 3 aromatic rings. The van der Waals surface area contributed by atoms with Crippen LogP contribution in [0.25, 0.3) is 0 Å². The van der Waals surface area contributed by atoms with Crippen LogP contribution in [-0.2, 0) is 22.4 Å². The Morgan fingerprint density at radius 3 is 2.33 bits per heavy atom. The summed E-state index contributed by atoms with van der Waals surface area (Å²) in [7, 11) is 4.15. The predicted molar refractivity (Wildman–Crippen MR) is 147 cm³/mol. The van der Waals surface area contributed by atoms with Crippen LogP contribution in [0.3, 0.4) is 0 Å². The average molecular weight is 548 g/mol. The van der Waals surface area contributed by atoms with Gasteiger partial charge in [-0.05, 0) is 86.4 Å². The van der Waals surface area contributed by atoms with Crippen molar-refractivity contribution < 1.29 is 14.7 Å². The summed E-state index contributed by atoms with van der Waals surface area (Å²) >= 11 is 3.48. The van der Waals surface area contributed by atoms with Crippen molar-refractivity contribution >= 4 is 44.9 Å². The normalized spacial score (nSPS) is 15.2. The Labute approximate surface area is 220 Å². The molecule has 0 aliphatic carbocycles. The molecule has 1 amide bonds. The predicted octanol–water partition coefficient (Wildman–Crippen LogP) is 5.82. The molecule has 4 rings (SSSR count). The van der Waals surface area contributed by atoms with Crippen LogP contribution in [-0.4, -0.2) is 48.2 Å². The number of carboxylic acid groups (broad SMARTS) is 1. The summed E-state index contributed by atoms with van der Waals surface area (Å²) in [5.41, 5.74) is 6.14. The third kappa shape index (κ3) is 6.47. The van der Waals surface area contributed by atoms with Crippen LogP contribution in [0, 0.1) is 0 Å². The van der Waals surface area contributed by atoms with Gasteiger partial charge in [-0.2, -0.15) is 0 Å². The van der Waals surface area contributed by atoms with Crippen LogP contribution in [0.15, 0.2) is 76.2 Å². The molecule has 0 saturated heterocycles. The molecule has 186 valence electrons. The van der Waals surface area contributed by atoms with Gasteiger partial charge in [-0.15, -0.1) is 0 Å². The number of carbonyl (C=O) groups is 2. The summed E-state index contributed by atoms with van der Waals surface area (Å²) in [5.74, 6) is -1.48. The van der Waals surface area contributed by atoms with Crippen LogP contribution < -0.4 is 5.32 Å². The fourth-order valence-corrected chi connectivity index (χ4v) is 4.73. The average Bonchev–Trinajstić information content (AvgIpc) is 3.16. The van der Waals surface area contributed by atoms with Gasteiger partial charge in [-0.3, -0.25) is 14.6 Å². The van der Waals surface area contributed by atoms with Gasteiger partial charge in [0, 0.05) is 16.6 Å². The van der Waals surface area contributed by atoms with E-state index < -0.39 is 11.9 Å². The second kappa shape index (κ2) is 11.6. The van der Waals surface area contributed by atoms with E-state index in [0.29, 0.717) is 12.1 Å². The number of aryl methyl sites for hydroxylation is 2. The van der Waals surface area contributed by atoms with Crippen molar-refractivity contribution in [3.05, 3.63) is 93.5 Å². The van der Waals surface area contributed by atoms with E-state index in [4.69, 9.17) is 10.1 Å². The molecular formula is C29H30BrN3O3. The molecule has 0 fully saturated rings. The van der Waals surface area contributed by atoms with Crippen LogP contribution in [0.4, 0.5) is 11.4 Å². The van der Waals surface area contributed by atoms with Crippen LogP contribution in [0.5, 0.6) is 0 Å². The van der Waals surface area contributed by atoms with Gasteiger partial charge in [-0.1, -0.05) is 58.4 Å². The van der Waals surface area contributed by atoms with E-state index in [-0.39, 0.29) is 12.3 Å². The Morgan fingerprint density at radius 1 is 1.00 bits per heavy atom. The lowest BCUT2D eigenvalue weighted by atomic mass is 9.90. The Kier molecular flexibility index (Phi) is 8.33. The number of amides is 1. The van der Waals surface area contributed by atoms with Crippen LogP contribution in [0.1, 0.15) is 41.0 Å². The Morgan fingerprint density at radius 2 is 1.67 bits per heavy atom. The van der Waals surface area contributed by atoms with Crippen molar-refractivity contribution in [1.82, 2.24) is 4.90 Å². The molecule has 36 heavy (non-hydrogen) atoms. The Hall–Kier alpha value is -3.29. The Bertz CT molecular complexity index is 1270. The second-order valence-electron chi connectivity index (χ2n) is 9.31. The summed E-state index contributed by atoms with van der Waals surface area (Å²) in [6, 6.07) is 21.7. The first kappa shape index (κ1) is 25.8. The summed E-state index contributed by atoms with van der Waals surface area (Å²) < 4.78 is 0.897. The third-order valence-electron chi connectivity index (χ3n) is 6.25. The molecule has 6 nitrogen and oxygen atoms in total. The molecule has 0 radical (unpaired) electrons. The van der Waals surface area contributed by atoms with Gasteiger partial charge in [0.25, 0.3) is 0 Å². The van der Waals surface area contributed by atoms with E-state index >= 15 is 0 Å². The van der Waals surface area contributed by atoms with E-state index in [1.165, 1.54) is 5.56 Å². The van der Waals surface area contributed by atoms with E-state index in [1.807, 2.05) is 54.6 Å². The van der Waals surface area contributed by atoms with Crippen LogP contribution in [0.2, 0.25) is 0 Å². The number of carbonyl (C=O) groups excluding carboxylic acids is 1. The highest BCUT2D eigenvalue weighted by Crippen LogP contribution is 2.38. The van der Waals surface area contributed by atoms with E-state index in [0.717, 1.165) is 51.9 Å². The fourth-order valence-electron chi connectivity index (χ4n) is 4.37. The fraction of sp³-hybridized carbons (Fsp3) is 0.276. The molecule has 1 aliphatic heterocycles. The second-order valence-corrected chi connectivity index (χ2v) is 10.2. The number of hydrogen-bond acceptors (Lipinski definition) is 4. The van der Waals surface area contributed by atoms with Crippen molar-refractivity contribution in [2.75, 3.05) is 26.0 Å². The minimum atomic E-state index is -0.822. The number of hydrogen-bond donors (Lipinski definition) is 2. The highest BCUT2D eigenvalue weighted by atomic mass is 79.9. The smallest absolute Gasteiger partial charge is 0.303 e. The van der Waals surface area contributed by atoms with Gasteiger partial charge in [0.2, 0.25) is 5.91 Å². The topological polar surface area (TPSA) is 82.0 Å². The molecule has 0 bridgehead atoms. The maximum absolute atomic E-state index is 13.1. The van der Waals surface area contributed by atoms with Gasteiger partial charge < -0.3 is 15.3 Å². The lowest BCUT2D eigenvalue weighted by Gasteiger charge is -2.15. The van der Waals surface area contributed by atoms with Crippen LogP contribution >= 0.6 is 15.9 Å². The van der Waals surface area contributed by atoms with Crippen molar-refractivity contribution in [2.45, 2.75) is 31.6 Å². The molecule has 0 aromatic heterocycles. The molecule has 1 atom stereocenters. The molecule has 1 aliphatic rings. The molecule has 2 N–H and O–H groups in total. The lowest BCUT2D eigenvalue weighted by Crippen LogP contribution is -2.22. The van der Waals surface area contributed by atoms with Crippen molar-refractivity contribution in [3.8, 4) is 0 Å². The molecule has 0 spiro atoms. The van der Waals surface area contributed by atoms with Gasteiger partial charge >= 0.3 is 5.97 Å². The molecule has 7 heteroatoms. The molecular weight excluding hydrogens is 518 g/mol. The standard InChI is InChI=1S/C29H30BrN3O3/c1-33(2)17-3-4-19-7-13-23(14-8-19)31-28(21-10-5-20(6-11-21)9-16-26(34)35)27-24-15-12-22(30)18-25(24)32-29(27)36/h5-8,10-15,18,27H,3-4,9,16-17H2,1-2H3,(H,32,36)(H,34,35). The van der Waals surface area contributed by atoms with E-state index in [2.05, 4.69) is 52.4 Å². The van der Waals surface area contributed by atoms with E-state index in [9.17, 15) is 9.59 Å². The first-order valence-corrected chi connectivity index (χ1v) is 12.8. The minimum absolute atomic E-state index is 0.0778. The summed E-state index contributed by atoms with van der Waals surface area (Å²) in [4.78, 5) is 31.2. The number of aliphatic imine (C=N–C) groups is 1. The first-order chi connectivity index (χ1) is 17.3. The molecule has 1 heterocycles. The number of carboxylic acids is 1. The number of anilines is 1. The number of nitrogens with zero attached hydrogens (tertiary/aromatic N) is 2. The van der Waals surface area contributed by atoms with Gasteiger partial charge in [-0.25, -0.2) is 0 Å². The summed E-state index contributed by atoms with van der Waals surface area (Å²) in [5, 5.41) is 12.0. The third-order valence-corrected chi connectivity index (χ3v) is 6.75. The largest absolute Gasteiger partial charge is 0.481 e. The minimum Gasteiger partial charge on any atom is -0.481 e. The van der Waals surface area contributed by atoms with Gasteiger partial charge in [0.15, 0.2) is 0 Å². The summed E-state index contributed by atoms with van der Waals surface area (Å²) in [6.45, 7) is 1.04. The highest BCUT2D eigenvalue weighted by molar-refractivity contribution is 9.10. The van der Waals surface area contributed by atoms with Crippen molar-refractivity contribution in [2.24, 2.45) is 4.99 Å². The zero-order chi connectivity index (χ0) is 25.7. The van der Waals surface area contributed by atoms with E-state index in [1.54, 1.807) is 0 Å². The van der Waals surface area contributed by atoms with Crippen molar-refractivity contribution in [1.29, 1.82) is 0 Å². The maximum atomic E-state index is 13.1.